The minimum absolute atomic E-state index is 0.565. The second-order valence-corrected chi connectivity index (χ2v) is 4.45. The molecule has 2 aromatic rings. The summed E-state index contributed by atoms with van der Waals surface area (Å²) < 4.78 is 0. The maximum atomic E-state index is 9.16. The van der Waals surface area contributed by atoms with Crippen molar-refractivity contribution >= 4 is 23.0 Å². The van der Waals surface area contributed by atoms with Gasteiger partial charge in [-0.15, -0.1) is 0 Å². The molecule has 0 atom stereocenters. The highest BCUT2D eigenvalue weighted by molar-refractivity contribution is 6.30. The topological polar surface area (TPSA) is 48.7 Å². The van der Waals surface area contributed by atoms with Crippen molar-refractivity contribution in [2.45, 2.75) is 13.8 Å². The lowest BCUT2D eigenvalue weighted by atomic mass is 10.1. The second kappa shape index (κ2) is 5.07. The van der Waals surface area contributed by atoms with Crippen LogP contribution in [0.15, 0.2) is 30.3 Å². The molecule has 0 saturated carbocycles. The fourth-order valence-electron chi connectivity index (χ4n) is 1.76. The third kappa shape index (κ3) is 2.61. The Morgan fingerprint density at radius 1 is 1.22 bits per heavy atom. The number of aromatic nitrogens is 1. The molecular weight excluding hydrogens is 246 g/mol. The molecule has 0 bridgehead atoms. The van der Waals surface area contributed by atoms with Gasteiger partial charge in [-0.3, -0.25) is 4.98 Å². The molecule has 0 fully saturated rings. The molecule has 0 saturated heterocycles. The second-order valence-electron chi connectivity index (χ2n) is 4.02. The van der Waals surface area contributed by atoms with Crippen LogP contribution in [0.5, 0.6) is 0 Å². The van der Waals surface area contributed by atoms with Gasteiger partial charge in [0.15, 0.2) is 0 Å². The molecule has 1 N–H and O–H groups in total. The SMILES string of the molecule is Cc1cc(Nc2ccc(Cl)cc2)c(C#N)c(C)n1. The minimum atomic E-state index is 0.565. The Labute approximate surface area is 111 Å². The van der Waals surface area contributed by atoms with Crippen molar-refractivity contribution in [2.24, 2.45) is 0 Å². The Balaban J connectivity index is 2.40. The summed E-state index contributed by atoms with van der Waals surface area (Å²) >= 11 is 5.83. The van der Waals surface area contributed by atoms with Crippen LogP contribution in [0.3, 0.4) is 0 Å². The Hall–Kier alpha value is -2.05. The first-order valence-electron chi connectivity index (χ1n) is 5.51. The zero-order valence-electron chi connectivity index (χ0n) is 10.2. The summed E-state index contributed by atoms with van der Waals surface area (Å²) in [6.07, 6.45) is 0. The van der Waals surface area contributed by atoms with Gasteiger partial charge in [-0.1, -0.05) is 11.6 Å². The van der Waals surface area contributed by atoms with Crippen LogP contribution in [0, 0.1) is 25.2 Å². The van der Waals surface area contributed by atoms with Gasteiger partial charge in [0.2, 0.25) is 0 Å². The molecule has 0 aliphatic rings. The lowest BCUT2D eigenvalue weighted by Gasteiger charge is -2.10. The third-order valence-electron chi connectivity index (χ3n) is 2.56. The average Bonchev–Trinajstić information content (AvgIpc) is 2.32. The maximum absolute atomic E-state index is 9.16. The fourth-order valence-corrected chi connectivity index (χ4v) is 1.88. The first-order valence-corrected chi connectivity index (χ1v) is 5.89. The van der Waals surface area contributed by atoms with Gasteiger partial charge in [0.05, 0.1) is 16.9 Å². The molecule has 1 aromatic heterocycles. The van der Waals surface area contributed by atoms with Crippen LogP contribution >= 0.6 is 11.6 Å². The predicted octanol–water partition coefficient (Wildman–Crippen LogP) is 3.97. The molecule has 18 heavy (non-hydrogen) atoms. The molecule has 0 aliphatic carbocycles. The van der Waals surface area contributed by atoms with Crippen LogP contribution in [0.2, 0.25) is 5.02 Å². The van der Waals surface area contributed by atoms with E-state index >= 15 is 0 Å². The van der Waals surface area contributed by atoms with Gasteiger partial charge in [-0.25, -0.2) is 0 Å². The molecule has 4 heteroatoms. The number of rotatable bonds is 2. The van der Waals surface area contributed by atoms with Crippen LogP contribution < -0.4 is 5.32 Å². The van der Waals surface area contributed by atoms with Crippen molar-refractivity contribution < 1.29 is 0 Å². The van der Waals surface area contributed by atoms with E-state index in [1.165, 1.54) is 0 Å². The normalized spacial score (nSPS) is 9.89. The minimum Gasteiger partial charge on any atom is -0.354 e. The van der Waals surface area contributed by atoms with Gasteiger partial charge in [-0.05, 0) is 44.2 Å². The summed E-state index contributed by atoms with van der Waals surface area (Å²) in [6.45, 7) is 3.74. The van der Waals surface area contributed by atoms with E-state index in [-0.39, 0.29) is 0 Å². The number of aryl methyl sites for hydroxylation is 2. The van der Waals surface area contributed by atoms with Crippen LogP contribution in [0.4, 0.5) is 11.4 Å². The van der Waals surface area contributed by atoms with Crippen molar-refractivity contribution in [3.8, 4) is 6.07 Å². The lowest BCUT2D eigenvalue weighted by Crippen LogP contribution is -1.99. The molecule has 0 spiro atoms. The molecular formula is C14H12ClN3. The molecule has 0 aliphatic heterocycles. The number of hydrogen-bond acceptors (Lipinski definition) is 3. The molecule has 0 unspecified atom stereocenters. The van der Waals surface area contributed by atoms with E-state index in [0.29, 0.717) is 10.6 Å². The number of halogens is 1. The summed E-state index contributed by atoms with van der Waals surface area (Å²) in [5.41, 5.74) is 3.83. The summed E-state index contributed by atoms with van der Waals surface area (Å²) in [7, 11) is 0. The molecule has 1 heterocycles. The van der Waals surface area contributed by atoms with E-state index in [2.05, 4.69) is 16.4 Å². The zero-order chi connectivity index (χ0) is 13.1. The van der Waals surface area contributed by atoms with Crippen molar-refractivity contribution in [3.63, 3.8) is 0 Å². The van der Waals surface area contributed by atoms with E-state index in [0.717, 1.165) is 22.8 Å². The van der Waals surface area contributed by atoms with Crippen LogP contribution in [0.25, 0.3) is 0 Å². The van der Waals surface area contributed by atoms with E-state index < -0.39 is 0 Å². The standard InChI is InChI=1S/C14H12ClN3/c1-9-7-14(13(8-16)10(2)17-9)18-12-5-3-11(15)4-6-12/h3-7H,1-2H3,(H,17,18). The van der Waals surface area contributed by atoms with Gasteiger partial charge >= 0.3 is 0 Å². The van der Waals surface area contributed by atoms with E-state index in [1.54, 1.807) is 12.1 Å². The molecule has 3 nitrogen and oxygen atoms in total. The third-order valence-corrected chi connectivity index (χ3v) is 2.82. The molecule has 0 radical (unpaired) electrons. The first-order chi connectivity index (χ1) is 8.60. The largest absolute Gasteiger partial charge is 0.354 e. The quantitative estimate of drug-likeness (QED) is 0.886. The number of benzene rings is 1. The highest BCUT2D eigenvalue weighted by Gasteiger charge is 2.08. The first kappa shape index (κ1) is 12.4. The Bertz CT molecular complexity index is 612. The van der Waals surface area contributed by atoms with E-state index in [9.17, 15) is 0 Å². The van der Waals surface area contributed by atoms with Gasteiger partial charge in [0.25, 0.3) is 0 Å². The molecule has 0 amide bonds. The summed E-state index contributed by atoms with van der Waals surface area (Å²) in [6, 6.07) is 11.4. The Kier molecular flexibility index (Phi) is 3.50. The van der Waals surface area contributed by atoms with Crippen molar-refractivity contribution in [3.05, 3.63) is 52.3 Å². The summed E-state index contributed by atoms with van der Waals surface area (Å²) in [5, 5.41) is 13.1. The number of nitrogens with zero attached hydrogens (tertiary/aromatic N) is 2. The number of anilines is 2. The number of nitrogens with one attached hydrogen (secondary N) is 1. The zero-order valence-corrected chi connectivity index (χ0v) is 10.9. The number of hydrogen-bond donors (Lipinski definition) is 1. The molecule has 2 rings (SSSR count). The van der Waals surface area contributed by atoms with Crippen molar-refractivity contribution in [1.82, 2.24) is 4.98 Å². The average molecular weight is 258 g/mol. The molecule has 90 valence electrons. The van der Waals surface area contributed by atoms with E-state index in [1.807, 2.05) is 32.0 Å². The Morgan fingerprint density at radius 3 is 2.50 bits per heavy atom. The summed E-state index contributed by atoms with van der Waals surface area (Å²) in [4.78, 5) is 4.28. The smallest absolute Gasteiger partial charge is 0.103 e. The number of pyridine rings is 1. The fraction of sp³-hybridized carbons (Fsp3) is 0.143. The predicted molar refractivity (Wildman–Crippen MR) is 73.2 cm³/mol. The summed E-state index contributed by atoms with van der Waals surface area (Å²) in [5.74, 6) is 0. The highest BCUT2D eigenvalue weighted by atomic mass is 35.5. The Morgan fingerprint density at radius 2 is 1.89 bits per heavy atom. The van der Waals surface area contributed by atoms with Crippen LogP contribution in [-0.4, -0.2) is 4.98 Å². The van der Waals surface area contributed by atoms with Crippen molar-refractivity contribution in [2.75, 3.05) is 5.32 Å². The van der Waals surface area contributed by atoms with Crippen LogP contribution in [-0.2, 0) is 0 Å². The lowest BCUT2D eigenvalue weighted by molar-refractivity contribution is 1.11. The van der Waals surface area contributed by atoms with Crippen LogP contribution in [0.1, 0.15) is 17.0 Å². The molecule has 1 aromatic carbocycles. The van der Waals surface area contributed by atoms with Gasteiger partial charge < -0.3 is 5.32 Å². The van der Waals surface area contributed by atoms with Gasteiger partial charge in [0, 0.05) is 16.4 Å². The van der Waals surface area contributed by atoms with Gasteiger partial charge in [0.1, 0.15) is 6.07 Å². The monoisotopic (exact) mass is 257 g/mol. The maximum Gasteiger partial charge on any atom is 0.103 e. The van der Waals surface area contributed by atoms with Crippen molar-refractivity contribution in [1.29, 1.82) is 5.26 Å². The van der Waals surface area contributed by atoms with Gasteiger partial charge in [-0.2, -0.15) is 5.26 Å². The highest BCUT2D eigenvalue weighted by Crippen LogP contribution is 2.24. The van der Waals surface area contributed by atoms with E-state index in [4.69, 9.17) is 16.9 Å². The number of nitriles is 1.